The number of hydrogen-bond donors (Lipinski definition) is 0. The molecule has 10 heteroatoms. The topological polar surface area (TPSA) is 104 Å². The normalized spacial score (nSPS) is 12.0. The summed E-state index contributed by atoms with van der Waals surface area (Å²) in [5, 5.41) is 16.4. The maximum atomic E-state index is 6.27. The predicted molar refractivity (Wildman–Crippen MR) is 154 cm³/mol. The van der Waals surface area contributed by atoms with Crippen molar-refractivity contribution in [3.05, 3.63) is 103 Å². The molecule has 5 aromatic heterocycles. The molecule has 0 spiro atoms. The fourth-order valence-corrected chi connectivity index (χ4v) is 5.45. The lowest BCUT2D eigenvalue weighted by Crippen LogP contribution is -2.06. The summed E-state index contributed by atoms with van der Waals surface area (Å²) in [7, 11) is 0. The maximum absolute atomic E-state index is 6.27. The van der Waals surface area contributed by atoms with Crippen LogP contribution in [0.15, 0.2) is 101 Å². The number of furan rings is 1. The molecule has 0 saturated heterocycles. The second-order valence-electron chi connectivity index (χ2n) is 9.89. The van der Waals surface area contributed by atoms with Crippen LogP contribution in [-0.4, -0.2) is 43.8 Å². The molecule has 0 saturated carbocycles. The van der Waals surface area contributed by atoms with Gasteiger partial charge in [-0.15, -0.1) is 15.3 Å². The monoisotopic (exact) mass is 533 g/mol. The Bertz CT molecular complexity index is 2450. The highest BCUT2D eigenvalue weighted by Gasteiger charge is 2.22. The van der Waals surface area contributed by atoms with Crippen LogP contribution in [0.3, 0.4) is 0 Å². The number of benzene rings is 4. The van der Waals surface area contributed by atoms with Gasteiger partial charge in [0.15, 0.2) is 11.6 Å². The van der Waals surface area contributed by atoms with Crippen LogP contribution in [0.25, 0.3) is 73.2 Å². The Hall–Kier alpha value is -5.90. The molecule has 0 fully saturated rings. The second kappa shape index (κ2) is 8.06. The minimum atomic E-state index is 0.473. The van der Waals surface area contributed by atoms with Crippen molar-refractivity contribution in [3.63, 3.8) is 0 Å². The van der Waals surface area contributed by atoms with E-state index in [4.69, 9.17) is 24.6 Å². The summed E-state index contributed by atoms with van der Waals surface area (Å²) < 4.78 is 11.2. The lowest BCUT2D eigenvalue weighted by atomic mass is 10.0. The molecule has 0 amide bonds. The van der Waals surface area contributed by atoms with Crippen LogP contribution >= 0.6 is 0 Å². The first-order valence-electron chi connectivity index (χ1n) is 13.2. The van der Waals surface area contributed by atoms with Crippen molar-refractivity contribution < 1.29 is 4.42 Å². The smallest absolute Gasteiger partial charge is 0.260 e. The third-order valence-electron chi connectivity index (χ3n) is 7.32. The summed E-state index contributed by atoms with van der Waals surface area (Å²) in [6, 6.07) is 32.4. The van der Waals surface area contributed by atoms with Crippen molar-refractivity contribution in [2.45, 2.75) is 6.92 Å². The van der Waals surface area contributed by atoms with Crippen LogP contribution in [0.1, 0.15) is 5.82 Å². The van der Waals surface area contributed by atoms with Crippen LogP contribution in [0.2, 0.25) is 0 Å². The van der Waals surface area contributed by atoms with Gasteiger partial charge in [0.05, 0.1) is 5.56 Å². The van der Waals surface area contributed by atoms with Gasteiger partial charge in [0, 0.05) is 16.3 Å². The van der Waals surface area contributed by atoms with Crippen molar-refractivity contribution in [2.24, 2.45) is 0 Å². The molecule has 9 aromatic rings. The zero-order valence-electron chi connectivity index (χ0n) is 21.7. The van der Waals surface area contributed by atoms with Crippen LogP contribution < -0.4 is 0 Å². The lowest BCUT2D eigenvalue weighted by Gasteiger charge is -2.02. The molecule has 10 nitrogen and oxygen atoms in total. The number of aromatic nitrogens is 9. The average molecular weight is 534 g/mol. The fourth-order valence-electron chi connectivity index (χ4n) is 5.45. The van der Waals surface area contributed by atoms with Crippen molar-refractivity contribution in [3.8, 4) is 33.9 Å². The molecular weight excluding hydrogens is 514 g/mol. The van der Waals surface area contributed by atoms with Crippen molar-refractivity contribution in [1.29, 1.82) is 0 Å². The number of hydrogen-bond acceptors (Lipinski definition) is 7. The quantitative estimate of drug-likeness (QED) is 0.273. The van der Waals surface area contributed by atoms with Gasteiger partial charge in [0.2, 0.25) is 0 Å². The van der Waals surface area contributed by atoms with Crippen molar-refractivity contribution in [2.75, 3.05) is 0 Å². The number of fused-ring (bicyclic) bond motifs is 9. The molecular formula is C31H19N9O. The molecule has 9 rings (SSSR count). The van der Waals surface area contributed by atoms with Gasteiger partial charge in [-0.25, -0.2) is 0 Å². The van der Waals surface area contributed by atoms with Gasteiger partial charge < -0.3 is 4.42 Å². The van der Waals surface area contributed by atoms with Gasteiger partial charge in [-0.2, -0.15) is 28.5 Å². The van der Waals surface area contributed by atoms with Crippen LogP contribution in [0.5, 0.6) is 0 Å². The van der Waals surface area contributed by atoms with Crippen LogP contribution in [0.4, 0.5) is 0 Å². The highest BCUT2D eigenvalue weighted by Crippen LogP contribution is 2.35. The number of rotatable bonds is 3. The molecule has 41 heavy (non-hydrogen) atoms. The first kappa shape index (κ1) is 22.0. The van der Waals surface area contributed by atoms with E-state index in [0.717, 1.165) is 44.2 Å². The third kappa shape index (κ3) is 3.18. The summed E-state index contributed by atoms with van der Waals surface area (Å²) in [4.78, 5) is 14.5. The Morgan fingerprint density at radius 3 is 2.05 bits per heavy atom. The van der Waals surface area contributed by atoms with Crippen LogP contribution in [-0.2, 0) is 0 Å². The SMILES string of the molecule is Cc1nc2n(n1)c1nc(-c3cccc(-c4ccccc4)c3)nn1c1nc(-c3cccc4c3oc3ccccc34)nn21. The Kier molecular flexibility index (Phi) is 4.32. The van der Waals surface area contributed by atoms with E-state index in [1.54, 1.807) is 13.5 Å². The second-order valence-corrected chi connectivity index (χ2v) is 9.89. The van der Waals surface area contributed by atoms with E-state index in [-0.39, 0.29) is 0 Å². The first-order valence-corrected chi connectivity index (χ1v) is 13.2. The minimum Gasteiger partial charge on any atom is -0.455 e. The van der Waals surface area contributed by atoms with E-state index in [0.29, 0.717) is 34.8 Å². The Balaban J connectivity index is 1.29. The molecule has 0 atom stereocenters. The standard InChI is InChI=1S/C31H19N9O/c1-18-32-29-38(35-18)30-33-27(21-12-7-11-20(17-21)19-9-3-2-4-10-19)36-40(30)31-34-28(37-39(29)31)24-15-8-14-23-22-13-5-6-16-25(22)41-26(23)24/h2-17H,1H3. The molecule has 4 aromatic carbocycles. The minimum absolute atomic E-state index is 0.473. The molecule has 0 aliphatic carbocycles. The largest absolute Gasteiger partial charge is 0.455 e. The summed E-state index contributed by atoms with van der Waals surface area (Å²) >= 11 is 0. The number of para-hydroxylation sites is 2. The van der Waals surface area contributed by atoms with Crippen molar-refractivity contribution >= 4 is 39.3 Å². The Morgan fingerprint density at radius 2 is 1.17 bits per heavy atom. The zero-order chi connectivity index (χ0) is 27.1. The molecule has 5 heterocycles. The average Bonchev–Trinajstić information content (AvgIpc) is 3.80. The van der Waals surface area contributed by atoms with E-state index in [1.807, 2.05) is 73.7 Å². The zero-order valence-corrected chi connectivity index (χ0v) is 21.7. The van der Waals surface area contributed by atoms with Gasteiger partial charge in [-0.05, 0) is 36.2 Å². The van der Waals surface area contributed by atoms with Gasteiger partial charge in [-0.3, -0.25) is 0 Å². The fraction of sp³-hybridized carbons (Fsp3) is 0.0323. The molecule has 0 aliphatic heterocycles. The first-order chi connectivity index (χ1) is 20.2. The van der Waals surface area contributed by atoms with Gasteiger partial charge in [0.25, 0.3) is 17.3 Å². The van der Waals surface area contributed by atoms with Crippen molar-refractivity contribution in [1.82, 2.24) is 43.8 Å². The molecule has 0 N–H and O–H groups in total. The highest BCUT2D eigenvalue weighted by molar-refractivity contribution is 6.09. The predicted octanol–water partition coefficient (Wildman–Crippen LogP) is 6.02. The third-order valence-corrected chi connectivity index (χ3v) is 7.32. The van der Waals surface area contributed by atoms with Gasteiger partial charge in [-0.1, -0.05) is 78.9 Å². The molecule has 0 radical (unpaired) electrons. The summed E-state index contributed by atoms with van der Waals surface area (Å²) in [6.45, 7) is 1.84. The Labute approximate surface area is 231 Å². The lowest BCUT2D eigenvalue weighted by molar-refractivity contribution is 0.669. The van der Waals surface area contributed by atoms with Gasteiger partial charge in [0.1, 0.15) is 17.0 Å². The summed E-state index contributed by atoms with van der Waals surface area (Å²) in [5.41, 5.74) is 5.40. The van der Waals surface area contributed by atoms with E-state index in [2.05, 4.69) is 40.4 Å². The summed E-state index contributed by atoms with van der Waals surface area (Å²) in [6.07, 6.45) is 0. The van der Waals surface area contributed by atoms with E-state index >= 15 is 0 Å². The van der Waals surface area contributed by atoms with E-state index < -0.39 is 0 Å². The molecule has 0 aliphatic rings. The van der Waals surface area contributed by atoms with E-state index in [1.165, 1.54) is 0 Å². The Morgan fingerprint density at radius 1 is 0.537 bits per heavy atom. The van der Waals surface area contributed by atoms with Crippen LogP contribution in [0, 0.1) is 6.92 Å². The number of nitrogens with zero attached hydrogens (tertiary/aromatic N) is 9. The number of aryl methyl sites for hydroxylation is 1. The van der Waals surface area contributed by atoms with E-state index in [9.17, 15) is 0 Å². The summed E-state index contributed by atoms with van der Waals surface area (Å²) in [5.74, 6) is 3.10. The molecule has 0 bridgehead atoms. The molecule has 194 valence electrons. The highest BCUT2D eigenvalue weighted by atomic mass is 16.3. The van der Waals surface area contributed by atoms with Gasteiger partial charge >= 0.3 is 0 Å². The maximum Gasteiger partial charge on any atom is 0.260 e. The molecule has 0 unspecified atom stereocenters.